The van der Waals surface area contributed by atoms with Crippen LogP contribution in [0.2, 0.25) is 0 Å². The molecule has 68 heavy (non-hydrogen) atoms. The van der Waals surface area contributed by atoms with Crippen LogP contribution in [0.25, 0.3) is 0 Å². The van der Waals surface area contributed by atoms with Gasteiger partial charge >= 0.3 is 5.97 Å². The SMILES string of the molecule is C[C@@H]1[C@H](O)[C@@H](C)/C=C/C=C/C=C/C=C/C=C/C=C/C=C/[C@H](O[C@H]2O[C@@H](C)[C@H](O)[C@@H](N)[C@H]2O)C[C@@H]2O[C@](O)(C[C@@H](O)[C@H](O)CC[C@@H](O)C[C@@H](O)C[C@@H](O)CC(=O)O[C@H]1C)C[C@H](O)[C@H]2C(=O)NCCO. The van der Waals surface area contributed by atoms with Crippen LogP contribution in [0.15, 0.2) is 85.1 Å². The first kappa shape index (κ1) is 58.8. The summed E-state index contributed by atoms with van der Waals surface area (Å²) in [6, 6.07) is -1.14. The van der Waals surface area contributed by atoms with Gasteiger partial charge in [-0.05, 0) is 39.5 Å². The molecule has 0 spiro atoms. The Morgan fingerprint density at radius 3 is 1.87 bits per heavy atom. The summed E-state index contributed by atoms with van der Waals surface area (Å²) < 4.78 is 23.5. The molecule has 3 heterocycles. The van der Waals surface area contributed by atoms with Gasteiger partial charge in [0.05, 0.1) is 92.1 Å². The van der Waals surface area contributed by atoms with Gasteiger partial charge in [0.25, 0.3) is 0 Å². The fraction of sp³-hybridized carbons (Fsp3) is 0.673. The summed E-state index contributed by atoms with van der Waals surface area (Å²) in [6.45, 7) is 6.19. The molecule has 1 amide bonds. The van der Waals surface area contributed by atoms with E-state index in [1.165, 1.54) is 0 Å². The molecule has 0 radical (unpaired) electrons. The molecule has 3 rings (SSSR count). The van der Waals surface area contributed by atoms with Gasteiger partial charge in [-0.2, -0.15) is 0 Å². The lowest BCUT2D eigenvalue weighted by Crippen LogP contribution is -2.62. The summed E-state index contributed by atoms with van der Waals surface area (Å²) in [5, 5.41) is 121. The number of fused-ring (bicyclic) bond motifs is 2. The molecular formula is C49H78N2O17. The highest BCUT2D eigenvalue weighted by atomic mass is 16.7. The molecule has 2 bridgehead atoms. The van der Waals surface area contributed by atoms with Crippen molar-refractivity contribution < 1.29 is 84.7 Å². The highest BCUT2D eigenvalue weighted by Crippen LogP contribution is 2.38. The van der Waals surface area contributed by atoms with E-state index in [2.05, 4.69) is 5.32 Å². The van der Waals surface area contributed by atoms with E-state index in [1.807, 2.05) is 31.2 Å². The van der Waals surface area contributed by atoms with Crippen molar-refractivity contribution in [3.05, 3.63) is 85.1 Å². The first-order valence-electron chi connectivity index (χ1n) is 23.5. The number of hydrogen-bond donors (Lipinski definition) is 13. The van der Waals surface area contributed by atoms with Crippen molar-refractivity contribution in [2.24, 2.45) is 23.5 Å². The number of ether oxygens (including phenoxy) is 4. The van der Waals surface area contributed by atoms with Crippen LogP contribution >= 0.6 is 0 Å². The van der Waals surface area contributed by atoms with Crippen molar-refractivity contribution in [1.82, 2.24) is 5.32 Å². The molecule has 2 saturated heterocycles. The van der Waals surface area contributed by atoms with Crippen molar-refractivity contribution in [3.63, 3.8) is 0 Å². The standard InChI is InChI=1S/C49H78N2O17/c1-29-17-15-13-11-9-7-5-6-8-10-12-14-16-18-36(67-48-46(62)43(50)45(61)32(4)66-48)26-40-42(47(63)51-21-22-52)39(58)28-49(64,68-40)27-38(57)37(56)20-19-33(53)23-34(54)24-35(55)25-41(59)65-31(3)30(2)44(29)60/h5-18,29-40,42-46,48,52-58,60-62,64H,19-28,50H2,1-4H3,(H,51,63)/b6-5+,9-7+,10-8+,13-11+,14-12+,17-15+,18-16+/t29-,30-,31-,32-,33+,34+,35+,36-,37+,38+,39-,40-,42+,43+,44+,45-,46+,48+,49+/m0/s1. The number of carbonyl (C=O) groups excluding carboxylic acids is 2. The number of aliphatic hydroxyl groups is 11. The number of rotatable bonds is 5. The Bertz CT molecular complexity index is 1720. The third kappa shape index (κ3) is 19.7. The van der Waals surface area contributed by atoms with Crippen LogP contribution < -0.4 is 11.1 Å². The molecule has 0 aliphatic carbocycles. The van der Waals surface area contributed by atoms with Crippen molar-refractivity contribution in [2.45, 2.75) is 177 Å². The molecule has 386 valence electrons. The monoisotopic (exact) mass is 967 g/mol. The first-order chi connectivity index (χ1) is 32.2. The molecule has 0 unspecified atom stereocenters. The second-order valence-electron chi connectivity index (χ2n) is 18.2. The van der Waals surface area contributed by atoms with Crippen LogP contribution in [-0.4, -0.2) is 179 Å². The summed E-state index contributed by atoms with van der Waals surface area (Å²) in [7, 11) is 0. The zero-order valence-corrected chi connectivity index (χ0v) is 39.5. The number of nitrogens with two attached hydrogens (primary N) is 1. The molecule has 0 saturated carbocycles. The van der Waals surface area contributed by atoms with Crippen LogP contribution in [0.3, 0.4) is 0 Å². The first-order valence-corrected chi connectivity index (χ1v) is 23.5. The number of cyclic esters (lactones) is 1. The highest BCUT2D eigenvalue weighted by Gasteiger charge is 2.51. The van der Waals surface area contributed by atoms with Crippen LogP contribution in [0.4, 0.5) is 0 Å². The predicted octanol–water partition coefficient (Wildman–Crippen LogP) is -0.264. The minimum atomic E-state index is -2.33. The fourth-order valence-corrected chi connectivity index (χ4v) is 8.27. The van der Waals surface area contributed by atoms with Gasteiger partial charge in [-0.1, -0.05) is 98.9 Å². The third-order valence-corrected chi connectivity index (χ3v) is 12.5. The lowest BCUT2D eigenvalue weighted by molar-refractivity contribution is -0.308. The van der Waals surface area contributed by atoms with Crippen molar-refractivity contribution in [1.29, 1.82) is 0 Å². The van der Waals surface area contributed by atoms with Gasteiger partial charge in [-0.25, -0.2) is 0 Å². The maximum absolute atomic E-state index is 13.4. The normalized spacial score (nSPS) is 44.0. The molecular weight excluding hydrogens is 889 g/mol. The molecule has 14 N–H and O–H groups in total. The molecule has 19 nitrogen and oxygen atoms in total. The van der Waals surface area contributed by atoms with Gasteiger partial charge in [0.1, 0.15) is 12.2 Å². The van der Waals surface area contributed by atoms with E-state index in [0.29, 0.717) is 0 Å². The largest absolute Gasteiger partial charge is 0.462 e. The van der Waals surface area contributed by atoms with E-state index in [4.69, 9.17) is 24.7 Å². The zero-order valence-electron chi connectivity index (χ0n) is 39.5. The van der Waals surface area contributed by atoms with Crippen LogP contribution in [0.1, 0.15) is 79.1 Å². The predicted molar refractivity (Wildman–Crippen MR) is 249 cm³/mol. The minimum Gasteiger partial charge on any atom is -0.462 e. The maximum atomic E-state index is 13.4. The summed E-state index contributed by atoms with van der Waals surface area (Å²) >= 11 is 0. The summed E-state index contributed by atoms with van der Waals surface area (Å²) in [5.41, 5.74) is 6.07. The average molecular weight is 967 g/mol. The van der Waals surface area contributed by atoms with Gasteiger partial charge in [-0.15, -0.1) is 0 Å². The molecule has 0 aromatic heterocycles. The maximum Gasteiger partial charge on any atom is 0.308 e. The highest BCUT2D eigenvalue weighted by molar-refractivity contribution is 5.80. The minimum absolute atomic E-state index is 0.135. The molecule has 0 aromatic rings. The Labute approximate surface area is 399 Å². The zero-order chi connectivity index (χ0) is 50.6. The van der Waals surface area contributed by atoms with Crippen molar-refractivity contribution in [2.75, 3.05) is 13.2 Å². The Balaban J connectivity index is 1.91. The van der Waals surface area contributed by atoms with Gasteiger partial charge in [0.15, 0.2) is 12.1 Å². The Morgan fingerprint density at radius 1 is 0.706 bits per heavy atom. The molecule has 2 fully saturated rings. The third-order valence-electron chi connectivity index (χ3n) is 12.5. The van der Waals surface area contributed by atoms with Crippen LogP contribution in [0, 0.1) is 17.8 Å². The average Bonchev–Trinajstić information content (AvgIpc) is 3.26. The summed E-state index contributed by atoms with van der Waals surface area (Å²) in [4.78, 5) is 26.1. The van der Waals surface area contributed by atoms with E-state index in [-0.39, 0.29) is 44.6 Å². The van der Waals surface area contributed by atoms with Gasteiger partial charge < -0.3 is 86.2 Å². The fourth-order valence-electron chi connectivity index (χ4n) is 8.27. The Kier molecular flexibility index (Phi) is 25.6. The lowest BCUT2D eigenvalue weighted by atomic mass is 9.82. The van der Waals surface area contributed by atoms with Crippen LogP contribution in [-0.2, 0) is 28.5 Å². The van der Waals surface area contributed by atoms with E-state index in [9.17, 15) is 65.8 Å². The lowest BCUT2D eigenvalue weighted by Gasteiger charge is -2.46. The molecule has 3 aliphatic heterocycles. The van der Waals surface area contributed by atoms with E-state index in [0.717, 1.165) is 0 Å². The Hall–Kier alpha value is -3.48. The molecule has 3 aliphatic rings. The van der Waals surface area contributed by atoms with E-state index >= 15 is 0 Å². The molecule has 19 atom stereocenters. The number of amides is 1. The quantitative estimate of drug-likeness (QED) is 0.158. The number of carbonyl (C=O) groups is 2. The topological polar surface area (TPSA) is 332 Å². The number of nitrogens with one attached hydrogen (secondary N) is 1. The van der Waals surface area contributed by atoms with E-state index in [1.54, 1.807) is 81.5 Å². The molecule has 19 heteroatoms. The number of esters is 1. The van der Waals surface area contributed by atoms with Crippen molar-refractivity contribution >= 4 is 11.9 Å². The number of allylic oxidation sites excluding steroid dienone is 12. The Morgan fingerprint density at radius 2 is 1.26 bits per heavy atom. The second kappa shape index (κ2) is 29.6. The van der Waals surface area contributed by atoms with E-state index < -0.39 is 147 Å². The smallest absolute Gasteiger partial charge is 0.308 e. The summed E-state index contributed by atoms with van der Waals surface area (Å²) in [6.07, 6.45) is 4.18. The van der Waals surface area contributed by atoms with Gasteiger partial charge in [0.2, 0.25) is 5.91 Å². The van der Waals surface area contributed by atoms with Crippen molar-refractivity contribution in [3.8, 4) is 0 Å². The molecule has 0 aromatic carbocycles. The van der Waals surface area contributed by atoms with Gasteiger partial charge in [-0.3, -0.25) is 9.59 Å². The van der Waals surface area contributed by atoms with Crippen LogP contribution in [0.5, 0.6) is 0 Å². The number of hydrogen-bond acceptors (Lipinski definition) is 18. The van der Waals surface area contributed by atoms with Gasteiger partial charge in [0, 0.05) is 37.6 Å². The second-order valence-corrected chi connectivity index (χ2v) is 18.2. The number of aliphatic hydroxyl groups excluding tert-OH is 10. The summed E-state index contributed by atoms with van der Waals surface area (Å²) in [5.74, 6) is -5.88.